The third-order valence-electron chi connectivity index (χ3n) is 1.72. The van der Waals surface area contributed by atoms with E-state index < -0.39 is 0 Å². The molecule has 0 radical (unpaired) electrons. The van der Waals surface area contributed by atoms with Crippen molar-refractivity contribution in [2.45, 2.75) is 19.8 Å². The number of allylic oxidation sites excluding steroid dienone is 3. The average molecular weight is 152 g/mol. The van der Waals surface area contributed by atoms with E-state index in [2.05, 4.69) is 0 Å². The molecular weight excluding hydrogens is 140 g/mol. The minimum absolute atomic E-state index is 0.203. The number of carbonyl (C=O) groups is 1. The highest BCUT2D eigenvalue weighted by Crippen LogP contribution is 2.17. The molecule has 0 aromatic rings. The molecule has 0 fully saturated rings. The molecule has 1 aliphatic rings. The summed E-state index contributed by atoms with van der Waals surface area (Å²) in [6.07, 6.45) is 6.64. The lowest BCUT2D eigenvalue weighted by Crippen LogP contribution is -2.04. The Balaban J connectivity index is 2.43. The summed E-state index contributed by atoms with van der Waals surface area (Å²) in [6, 6.07) is 0. The minimum Gasteiger partial charge on any atom is -0.508 e. The zero-order chi connectivity index (χ0) is 8.27. The van der Waals surface area contributed by atoms with Gasteiger partial charge >= 0.3 is 0 Å². The molecule has 60 valence electrons. The van der Waals surface area contributed by atoms with E-state index in [1.807, 2.05) is 6.08 Å². The first-order valence-electron chi connectivity index (χ1n) is 3.75. The molecule has 0 spiro atoms. The summed E-state index contributed by atoms with van der Waals surface area (Å²) in [5, 5.41) is 8.95. The standard InChI is InChI=1S/C9H12O2/c1-7(10)6-8-2-4-9(11)5-3-8/h2,4-5,8,11H,3,6H2,1H3. The van der Waals surface area contributed by atoms with Gasteiger partial charge in [-0.25, -0.2) is 0 Å². The Morgan fingerprint density at radius 3 is 3.00 bits per heavy atom. The number of aliphatic hydroxyl groups is 1. The summed E-state index contributed by atoms with van der Waals surface area (Å²) in [4.78, 5) is 10.7. The number of Topliss-reactive ketones (excluding diaryl/α,β-unsaturated/α-hetero) is 1. The second kappa shape index (κ2) is 3.37. The van der Waals surface area contributed by atoms with E-state index in [0.29, 0.717) is 18.1 Å². The van der Waals surface area contributed by atoms with E-state index in [-0.39, 0.29) is 5.78 Å². The van der Waals surface area contributed by atoms with Gasteiger partial charge in [-0.2, -0.15) is 0 Å². The molecule has 2 nitrogen and oxygen atoms in total. The maximum absolute atomic E-state index is 10.7. The number of hydrogen-bond donors (Lipinski definition) is 1. The fraction of sp³-hybridized carbons (Fsp3) is 0.444. The van der Waals surface area contributed by atoms with E-state index in [4.69, 9.17) is 5.11 Å². The number of carbonyl (C=O) groups excluding carboxylic acids is 1. The summed E-state index contributed by atoms with van der Waals surface area (Å²) >= 11 is 0. The number of hydrogen-bond acceptors (Lipinski definition) is 2. The average Bonchev–Trinajstić information content (AvgIpc) is 1.93. The van der Waals surface area contributed by atoms with E-state index in [1.165, 1.54) is 0 Å². The fourth-order valence-corrected chi connectivity index (χ4v) is 1.17. The highest BCUT2D eigenvalue weighted by atomic mass is 16.3. The summed E-state index contributed by atoms with van der Waals surface area (Å²) in [5.41, 5.74) is 0. The van der Waals surface area contributed by atoms with Crippen molar-refractivity contribution in [2.24, 2.45) is 5.92 Å². The van der Waals surface area contributed by atoms with Gasteiger partial charge in [0.05, 0.1) is 0 Å². The molecule has 0 saturated heterocycles. The lowest BCUT2D eigenvalue weighted by atomic mass is 9.95. The van der Waals surface area contributed by atoms with Crippen LogP contribution >= 0.6 is 0 Å². The Labute approximate surface area is 66.2 Å². The predicted octanol–water partition coefficient (Wildman–Crippen LogP) is 1.98. The van der Waals surface area contributed by atoms with Crippen molar-refractivity contribution in [1.82, 2.24) is 0 Å². The molecule has 0 aliphatic heterocycles. The van der Waals surface area contributed by atoms with E-state index >= 15 is 0 Å². The second-order valence-corrected chi connectivity index (χ2v) is 2.89. The zero-order valence-electron chi connectivity index (χ0n) is 6.58. The van der Waals surface area contributed by atoms with Crippen molar-refractivity contribution in [1.29, 1.82) is 0 Å². The van der Waals surface area contributed by atoms with Crippen LogP contribution in [0.3, 0.4) is 0 Å². The Bertz CT molecular complexity index is 214. The van der Waals surface area contributed by atoms with Gasteiger partial charge < -0.3 is 9.90 Å². The monoisotopic (exact) mass is 152 g/mol. The quantitative estimate of drug-likeness (QED) is 0.657. The summed E-state index contributed by atoms with van der Waals surface area (Å²) in [7, 11) is 0. The van der Waals surface area contributed by atoms with Crippen LogP contribution in [-0.4, -0.2) is 10.9 Å². The molecule has 1 atom stereocenters. The Morgan fingerprint density at radius 1 is 1.82 bits per heavy atom. The van der Waals surface area contributed by atoms with Gasteiger partial charge in [-0.05, 0) is 31.4 Å². The molecular formula is C9H12O2. The van der Waals surface area contributed by atoms with Crippen molar-refractivity contribution < 1.29 is 9.90 Å². The van der Waals surface area contributed by atoms with Gasteiger partial charge in [0.25, 0.3) is 0 Å². The molecule has 0 saturated carbocycles. The van der Waals surface area contributed by atoms with E-state index in [0.717, 1.165) is 6.42 Å². The van der Waals surface area contributed by atoms with Crippen LogP contribution in [0.2, 0.25) is 0 Å². The van der Waals surface area contributed by atoms with Gasteiger partial charge in [0.15, 0.2) is 0 Å². The van der Waals surface area contributed by atoms with Crippen LogP contribution in [0.15, 0.2) is 24.0 Å². The minimum atomic E-state index is 0.203. The topological polar surface area (TPSA) is 37.3 Å². The predicted molar refractivity (Wildman–Crippen MR) is 43.3 cm³/mol. The molecule has 0 heterocycles. The van der Waals surface area contributed by atoms with Crippen molar-refractivity contribution in [3.63, 3.8) is 0 Å². The van der Waals surface area contributed by atoms with Gasteiger partial charge in [-0.1, -0.05) is 6.08 Å². The largest absolute Gasteiger partial charge is 0.508 e. The van der Waals surface area contributed by atoms with Gasteiger partial charge in [-0.15, -0.1) is 0 Å². The first kappa shape index (κ1) is 8.05. The highest BCUT2D eigenvalue weighted by Gasteiger charge is 2.09. The van der Waals surface area contributed by atoms with Crippen LogP contribution in [0.1, 0.15) is 19.8 Å². The summed E-state index contributed by atoms with van der Waals surface area (Å²) in [5.74, 6) is 0.808. The molecule has 1 unspecified atom stereocenters. The van der Waals surface area contributed by atoms with Crippen molar-refractivity contribution in [2.75, 3.05) is 0 Å². The Kier molecular flexibility index (Phi) is 2.47. The van der Waals surface area contributed by atoms with Gasteiger partial charge in [0.2, 0.25) is 0 Å². The third kappa shape index (κ3) is 2.58. The maximum atomic E-state index is 10.7. The molecule has 0 aromatic carbocycles. The van der Waals surface area contributed by atoms with Crippen LogP contribution in [0, 0.1) is 5.92 Å². The molecule has 1 N–H and O–H groups in total. The lowest BCUT2D eigenvalue weighted by molar-refractivity contribution is -0.117. The highest BCUT2D eigenvalue weighted by molar-refractivity contribution is 5.76. The van der Waals surface area contributed by atoms with Crippen LogP contribution < -0.4 is 0 Å². The normalized spacial score (nSPS) is 23.0. The van der Waals surface area contributed by atoms with E-state index in [9.17, 15) is 4.79 Å². The van der Waals surface area contributed by atoms with Crippen molar-refractivity contribution >= 4 is 5.78 Å². The second-order valence-electron chi connectivity index (χ2n) is 2.89. The Morgan fingerprint density at radius 2 is 2.55 bits per heavy atom. The van der Waals surface area contributed by atoms with Crippen molar-refractivity contribution in [3.8, 4) is 0 Å². The van der Waals surface area contributed by atoms with Gasteiger partial charge in [-0.3, -0.25) is 0 Å². The van der Waals surface area contributed by atoms with Crippen LogP contribution in [0.4, 0.5) is 0 Å². The summed E-state index contributed by atoms with van der Waals surface area (Å²) < 4.78 is 0. The first-order valence-corrected chi connectivity index (χ1v) is 3.75. The van der Waals surface area contributed by atoms with Crippen molar-refractivity contribution in [3.05, 3.63) is 24.0 Å². The lowest BCUT2D eigenvalue weighted by Gasteiger charge is -2.11. The maximum Gasteiger partial charge on any atom is 0.130 e. The molecule has 1 rings (SSSR count). The molecule has 2 heteroatoms. The van der Waals surface area contributed by atoms with Gasteiger partial charge in [0, 0.05) is 6.42 Å². The fourth-order valence-electron chi connectivity index (χ4n) is 1.17. The third-order valence-corrected chi connectivity index (χ3v) is 1.72. The molecule has 0 aromatic heterocycles. The number of ketones is 1. The van der Waals surface area contributed by atoms with E-state index in [1.54, 1.807) is 19.1 Å². The SMILES string of the molecule is CC(=O)CC1C=CC(O)=CC1. The summed E-state index contributed by atoms with van der Waals surface area (Å²) in [6.45, 7) is 1.59. The van der Waals surface area contributed by atoms with Crippen LogP contribution in [-0.2, 0) is 4.79 Å². The smallest absolute Gasteiger partial charge is 0.130 e. The van der Waals surface area contributed by atoms with Gasteiger partial charge in [0.1, 0.15) is 11.5 Å². The molecule has 0 amide bonds. The number of rotatable bonds is 2. The molecule has 11 heavy (non-hydrogen) atoms. The Hall–Kier alpha value is -1.05. The first-order chi connectivity index (χ1) is 5.18. The zero-order valence-corrected chi connectivity index (χ0v) is 6.58. The van der Waals surface area contributed by atoms with Crippen LogP contribution in [0.25, 0.3) is 0 Å². The molecule has 1 aliphatic carbocycles. The number of aliphatic hydroxyl groups excluding tert-OH is 1. The van der Waals surface area contributed by atoms with Crippen LogP contribution in [0.5, 0.6) is 0 Å². The molecule has 0 bridgehead atoms.